The molecule has 0 aromatic carbocycles. The van der Waals surface area contributed by atoms with Crippen molar-refractivity contribution in [3.8, 4) is 0 Å². The van der Waals surface area contributed by atoms with Crippen LogP contribution in [0.15, 0.2) is 11.0 Å². The van der Waals surface area contributed by atoms with Gasteiger partial charge >= 0.3 is 0 Å². The molecule has 0 saturated carbocycles. The van der Waals surface area contributed by atoms with Gasteiger partial charge < -0.3 is 0 Å². The van der Waals surface area contributed by atoms with Crippen LogP contribution in [0.4, 0.5) is 0 Å². The molecule has 1 aromatic rings. The second-order valence-electron chi connectivity index (χ2n) is 3.61. The molecule has 0 radical (unpaired) electrons. The van der Waals surface area contributed by atoms with Gasteiger partial charge in [0.1, 0.15) is 5.02 Å². The van der Waals surface area contributed by atoms with Gasteiger partial charge in [-0.1, -0.05) is 23.2 Å². The molecule has 88 valence electrons. The number of hydrogen-bond acceptors (Lipinski definition) is 4. The van der Waals surface area contributed by atoms with Gasteiger partial charge in [0.25, 0.3) is 5.56 Å². The minimum Gasteiger partial charge on any atom is -0.266 e. The normalized spacial score (nSPS) is 23.5. The van der Waals surface area contributed by atoms with Crippen LogP contribution in [0.3, 0.4) is 0 Å². The van der Waals surface area contributed by atoms with E-state index in [2.05, 4.69) is 5.10 Å². The van der Waals surface area contributed by atoms with Gasteiger partial charge in [-0.2, -0.15) is 5.10 Å². The molecule has 1 atom stereocenters. The Kier molecular flexibility index (Phi) is 2.98. The predicted octanol–water partition coefficient (Wildman–Crippen LogP) is 0.910. The SMILES string of the molecule is O=c1c(Cl)c(Cl)cnn1[C@@H]1CCS(=O)(=O)C1. The maximum Gasteiger partial charge on any atom is 0.287 e. The summed E-state index contributed by atoms with van der Waals surface area (Å²) in [5.41, 5.74) is -0.545. The minimum absolute atomic E-state index is 0.0716. The van der Waals surface area contributed by atoms with Crippen LogP contribution < -0.4 is 5.56 Å². The molecule has 1 aliphatic heterocycles. The first-order valence-electron chi connectivity index (χ1n) is 4.54. The average molecular weight is 283 g/mol. The Morgan fingerprint density at radius 3 is 2.69 bits per heavy atom. The van der Waals surface area contributed by atoms with E-state index in [0.29, 0.717) is 6.42 Å². The van der Waals surface area contributed by atoms with Crippen molar-refractivity contribution in [2.24, 2.45) is 0 Å². The number of aromatic nitrogens is 2. The molecule has 0 spiro atoms. The summed E-state index contributed by atoms with van der Waals surface area (Å²) in [6, 6.07) is -0.438. The molecule has 1 aliphatic rings. The zero-order chi connectivity index (χ0) is 11.9. The molecule has 0 unspecified atom stereocenters. The lowest BCUT2D eigenvalue weighted by Crippen LogP contribution is -2.28. The van der Waals surface area contributed by atoms with Crippen LogP contribution in [0.1, 0.15) is 12.5 Å². The van der Waals surface area contributed by atoms with Crippen molar-refractivity contribution in [3.05, 3.63) is 26.6 Å². The molecule has 2 rings (SSSR count). The third-order valence-corrected chi connectivity index (χ3v) is 4.95. The summed E-state index contributed by atoms with van der Waals surface area (Å²) in [7, 11) is -3.06. The molecule has 16 heavy (non-hydrogen) atoms. The molecular formula is C8H8Cl2N2O3S. The number of rotatable bonds is 1. The first-order valence-corrected chi connectivity index (χ1v) is 7.12. The molecule has 0 amide bonds. The van der Waals surface area contributed by atoms with Crippen LogP contribution in [0.5, 0.6) is 0 Å². The highest BCUT2D eigenvalue weighted by atomic mass is 35.5. The number of halogens is 2. The topological polar surface area (TPSA) is 69.0 Å². The van der Waals surface area contributed by atoms with E-state index in [1.165, 1.54) is 6.20 Å². The van der Waals surface area contributed by atoms with E-state index in [9.17, 15) is 13.2 Å². The second-order valence-corrected chi connectivity index (χ2v) is 6.63. The molecule has 1 fully saturated rings. The van der Waals surface area contributed by atoms with Crippen LogP contribution in [0, 0.1) is 0 Å². The first kappa shape index (κ1) is 11.9. The summed E-state index contributed by atoms with van der Waals surface area (Å²) >= 11 is 11.3. The fraction of sp³-hybridized carbons (Fsp3) is 0.500. The molecule has 1 aromatic heterocycles. The van der Waals surface area contributed by atoms with Crippen molar-refractivity contribution in [2.75, 3.05) is 11.5 Å². The van der Waals surface area contributed by atoms with E-state index in [4.69, 9.17) is 23.2 Å². The molecule has 0 bridgehead atoms. The first-order chi connectivity index (χ1) is 7.41. The number of nitrogens with zero attached hydrogens (tertiary/aromatic N) is 2. The summed E-state index contributed by atoms with van der Waals surface area (Å²) in [6.45, 7) is 0. The van der Waals surface area contributed by atoms with Crippen LogP contribution in [0.2, 0.25) is 10.0 Å². The standard InChI is InChI=1S/C8H8Cl2N2O3S/c9-6-3-11-12(8(13)7(6)10)5-1-2-16(14,15)4-5/h3,5H,1-2,4H2/t5-/m1/s1. The fourth-order valence-electron chi connectivity index (χ4n) is 1.65. The maximum atomic E-state index is 11.7. The van der Waals surface area contributed by atoms with Gasteiger partial charge in [0.15, 0.2) is 9.84 Å². The molecule has 1 saturated heterocycles. The van der Waals surface area contributed by atoms with Crippen LogP contribution in [-0.4, -0.2) is 29.7 Å². The number of sulfone groups is 1. The minimum atomic E-state index is -3.06. The summed E-state index contributed by atoms with van der Waals surface area (Å²) in [5, 5.41) is 3.76. The van der Waals surface area contributed by atoms with Gasteiger partial charge in [0.2, 0.25) is 0 Å². The summed E-state index contributed by atoms with van der Waals surface area (Å²) < 4.78 is 23.6. The van der Waals surface area contributed by atoms with Gasteiger partial charge in [-0.25, -0.2) is 13.1 Å². The van der Waals surface area contributed by atoms with E-state index in [-0.39, 0.29) is 21.6 Å². The lowest BCUT2D eigenvalue weighted by atomic mass is 10.3. The van der Waals surface area contributed by atoms with Crippen molar-refractivity contribution in [2.45, 2.75) is 12.5 Å². The smallest absolute Gasteiger partial charge is 0.266 e. The quantitative estimate of drug-likeness (QED) is 0.768. The highest BCUT2D eigenvalue weighted by Crippen LogP contribution is 2.23. The van der Waals surface area contributed by atoms with Crippen molar-refractivity contribution >= 4 is 33.0 Å². The summed E-state index contributed by atoms with van der Waals surface area (Å²) in [4.78, 5) is 11.7. The Morgan fingerprint density at radius 1 is 1.44 bits per heavy atom. The van der Waals surface area contributed by atoms with E-state index in [1.54, 1.807) is 0 Å². The molecule has 8 heteroatoms. The van der Waals surface area contributed by atoms with Gasteiger partial charge in [-0.3, -0.25) is 4.79 Å². The van der Waals surface area contributed by atoms with Crippen molar-refractivity contribution in [1.29, 1.82) is 0 Å². The van der Waals surface area contributed by atoms with E-state index < -0.39 is 21.4 Å². The van der Waals surface area contributed by atoms with Gasteiger partial charge in [-0.15, -0.1) is 0 Å². The van der Waals surface area contributed by atoms with Crippen molar-refractivity contribution < 1.29 is 8.42 Å². The Labute approximate surface area is 102 Å². The highest BCUT2D eigenvalue weighted by Gasteiger charge is 2.31. The summed E-state index contributed by atoms with van der Waals surface area (Å²) in [6.07, 6.45) is 1.63. The zero-order valence-corrected chi connectivity index (χ0v) is 10.4. The van der Waals surface area contributed by atoms with Crippen LogP contribution in [-0.2, 0) is 9.84 Å². The largest absolute Gasteiger partial charge is 0.287 e. The second kappa shape index (κ2) is 4.01. The van der Waals surface area contributed by atoms with E-state index in [1.807, 2.05) is 0 Å². The zero-order valence-electron chi connectivity index (χ0n) is 8.06. The van der Waals surface area contributed by atoms with E-state index >= 15 is 0 Å². The average Bonchev–Trinajstić information content (AvgIpc) is 2.55. The molecule has 2 heterocycles. The van der Waals surface area contributed by atoms with Gasteiger partial charge in [0, 0.05) is 0 Å². The van der Waals surface area contributed by atoms with Crippen molar-refractivity contribution in [3.63, 3.8) is 0 Å². The molecular weight excluding hydrogens is 275 g/mol. The third kappa shape index (κ3) is 2.09. The Morgan fingerprint density at radius 2 is 2.12 bits per heavy atom. The van der Waals surface area contributed by atoms with Crippen LogP contribution >= 0.6 is 23.2 Å². The monoisotopic (exact) mass is 282 g/mol. The maximum absolute atomic E-state index is 11.7. The van der Waals surface area contributed by atoms with E-state index in [0.717, 1.165) is 4.68 Å². The Balaban J connectivity index is 2.44. The van der Waals surface area contributed by atoms with Crippen molar-refractivity contribution in [1.82, 2.24) is 9.78 Å². The fourth-order valence-corrected chi connectivity index (χ4v) is 3.60. The van der Waals surface area contributed by atoms with Gasteiger partial charge in [0.05, 0.1) is 28.8 Å². The predicted molar refractivity (Wildman–Crippen MR) is 60.8 cm³/mol. The highest BCUT2D eigenvalue weighted by molar-refractivity contribution is 7.91. The molecule has 5 nitrogen and oxygen atoms in total. The third-order valence-electron chi connectivity index (χ3n) is 2.46. The Bertz CT molecular complexity index is 581. The summed E-state index contributed by atoms with van der Waals surface area (Å²) in [5.74, 6) is 0.00387. The molecule has 0 N–H and O–H groups in total. The Hall–Kier alpha value is -0.590. The lowest BCUT2D eigenvalue weighted by Gasteiger charge is -2.10. The molecule has 0 aliphatic carbocycles. The lowest BCUT2D eigenvalue weighted by molar-refractivity contribution is 0.474. The van der Waals surface area contributed by atoms with Gasteiger partial charge in [-0.05, 0) is 6.42 Å². The van der Waals surface area contributed by atoms with Crippen LogP contribution in [0.25, 0.3) is 0 Å². The number of hydrogen-bond donors (Lipinski definition) is 0.